The molecular formula is C12H18N2O2. The molecule has 0 aromatic carbocycles. The summed E-state index contributed by atoms with van der Waals surface area (Å²) in [6.07, 6.45) is 3.62. The van der Waals surface area contributed by atoms with Crippen molar-refractivity contribution in [2.45, 2.75) is 38.7 Å². The molecule has 1 saturated heterocycles. The Morgan fingerprint density at radius 3 is 2.88 bits per heavy atom. The smallest absolute Gasteiger partial charge is 0.240 e. The SMILES string of the molecule is CC1CC(C#N)(C(=O)NCC2CCCO2)C1. The number of nitrogens with zero attached hydrogens (tertiary/aromatic N) is 1. The van der Waals surface area contributed by atoms with Crippen LogP contribution in [0.25, 0.3) is 0 Å². The summed E-state index contributed by atoms with van der Waals surface area (Å²) < 4.78 is 5.42. The van der Waals surface area contributed by atoms with Gasteiger partial charge in [-0.15, -0.1) is 0 Å². The first-order valence-corrected chi connectivity index (χ1v) is 5.97. The van der Waals surface area contributed by atoms with Crippen molar-refractivity contribution in [1.82, 2.24) is 5.32 Å². The fourth-order valence-corrected chi connectivity index (χ4v) is 2.64. The first kappa shape index (κ1) is 11.4. The van der Waals surface area contributed by atoms with Crippen molar-refractivity contribution in [3.05, 3.63) is 0 Å². The van der Waals surface area contributed by atoms with E-state index in [1.54, 1.807) is 0 Å². The summed E-state index contributed by atoms with van der Waals surface area (Å²) in [4.78, 5) is 11.9. The lowest BCUT2D eigenvalue weighted by Crippen LogP contribution is -2.49. The van der Waals surface area contributed by atoms with E-state index in [1.807, 2.05) is 0 Å². The molecule has 1 saturated carbocycles. The molecule has 2 rings (SSSR count). The first-order valence-electron chi connectivity index (χ1n) is 5.97. The zero-order chi connectivity index (χ0) is 11.6. The average Bonchev–Trinajstić information content (AvgIpc) is 2.73. The highest BCUT2D eigenvalue weighted by atomic mass is 16.5. The van der Waals surface area contributed by atoms with Crippen molar-refractivity contribution >= 4 is 5.91 Å². The second-order valence-electron chi connectivity index (χ2n) is 5.05. The molecular weight excluding hydrogens is 204 g/mol. The number of ether oxygens (including phenoxy) is 1. The van der Waals surface area contributed by atoms with Crippen LogP contribution < -0.4 is 5.32 Å². The molecule has 0 radical (unpaired) electrons. The number of hydrogen-bond acceptors (Lipinski definition) is 3. The summed E-state index contributed by atoms with van der Waals surface area (Å²) in [7, 11) is 0. The van der Waals surface area contributed by atoms with Crippen LogP contribution in [0.3, 0.4) is 0 Å². The van der Waals surface area contributed by atoms with Gasteiger partial charge in [0.2, 0.25) is 5.91 Å². The van der Waals surface area contributed by atoms with Gasteiger partial charge in [0.05, 0.1) is 12.2 Å². The van der Waals surface area contributed by atoms with Gasteiger partial charge in [-0.25, -0.2) is 0 Å². The van der Waals surface area contributed by atoms with Crippen LogP contribution in [0.2, 0.25) is 0 Å². The Morgan fingerprint density at radius 2 is 2.38 bits per heavy atom. The number of hydrogen-bond donors (Lipinski definition) is 1. The van der Waals surface area contributed by atoms with Crippen LogP contribution >= 0.6 is 0 Å². The van der Waals surface area contributed by atoms with Crippen LogP contribution in [-0.4, -0.2) is 25.2 Å². The van der Waals surface area contributed by atoms with E-state index in [9.17, 15) is 4.79 Å². The van der Waals surface area contributed by atoms with Crippen molar-refractivity contribution < 1.29 is 9.53 Å². The summed E-state index contributed by atoms with van der Waals surface area (Å²) >= 11 is 0. The van der Waals surface area contributed by atoms with E-state index < -0.39 is 5.41 Å². The molecule has 0 aromatic heterocycles. The zero-order valence-corrected chi connectivity index (χ0v) is 9.66. The van der Waals surface area contributed by atoms with E-state index >= 15 is 0 Å². The van der Waals surface area contributed by atoms with Crippen LogP contribution in [-0.2, 0) is 9.53 Å². The third-order valence-electron chi connectivity index (χ3n) is 3.56. The number of amides is 1. The lowest BCUT2D eigenvalue weighted by atomic mass is 9.63. The minimum Gasteiger partial charge on any atom is -0.376 e. The molecule has 4 heteroatoms. The van der Waals surface area contributed by atoms with Crippen LogP contribution in [0.4, 0.5) is 0 Å². The highest BCUT2D eigenvalue weighted by molar-refractivity contribution is 5.86. The minimum absolute atomic E-state index is 0.108. The van der Waals surface area contributed by atoms with Crippen LogP contribution in [0.15, 0.2) is 0 Å². The fraction of sp³-hybridized carbons (Fsp3) is 0.833. The Morgan fingerprint density at radius 1 is 1.62 bits per heavy atom. The summed E-state index contributed by atoms with van der Waals surface area (Å²) in [5, 5.41) is 11.9. The van der Waals surface area contributed by atoms with Crippen molar-refractivity contribution in [1.29, 1.82) is 5.26 Å². The van der Waals surface area contributed by atoms with Crippen LogP contribution in [0, 0.1) is 22.7 Å². The van der Waals surface area contributed by atoms with Gasteiger partial charge < -0.3 is 10.1 Å². The van der Waals surface area contributed by atoms with Gasteiger partial charge in [0.1, 0.15) is 5.41 Å². The van der Waals surface area contributed by atoms with Crippen molar-refractivity contribution in [2.24, 2.45) is 11.3 Å². The van der Waals surface area contributed by atoms with E-state index in [-0.39, 0.29) is 12.0 Å². The molecule has 2 fully saturated rings. The third kappa shape index (κ3) is 2.05. The number of nitrogens with one attached hydrogen (secondary N) is 1. The number of nitriles is 1. The van der Waals surface area contributed by atoms with E-state index in [0.717, 1.165) is 19.4 Å². The summed E-state index contributed by atoms with van der Waals surface area (Å²) in [6.45, 7) is 3.42. The Balaban J connectivity index is 1.81. The predicted octanol–water partition coefficient (Wildman–Crippen LogP) is 1.22. The second-order valence-corrected chi connectivity index (χ2v) is 5.05. The Bertz CT molecular complexity index is 309. The molecule has 1 aliphatic heterocycles. The molecule has 1 aliphatic carbocycles. The Labute approximate surface area is 96.0 Å². The van der Waals surface area contributed by atoms with Gasteiger partial charge in [-0.2, -0.15) is 5.26 Å². The van der Waals surface area contributed by atoms with Gasteiger partial charge in [-0.3, -0.25) is 4.79 Å². The number of rotatable bonds is 3. The van der Waals surface area contributed by atoms with Crippen molar-refractivity contribution in [2.75, 3.05) is 13.2 Å². The van der Waals surface area contributed by atoms with E-state index in [4.69, 9.17) is 10.00 Å². The van der Waals surface area contributed by atoms with Gasteiger partial charge in [-0.1, -0.05) is 6.92 Å². The third-order valence-corrected chi connectivity index (χ3v) is 3.56. The van der Waals surface area contributed by atoms with E-state index in [2.05, 4.69) is 18.3 Å². The number of carbonyl (C=O) groups is 1. The maximum atomic E-state index is 11.9. The van der Waals surface area contributed by atoms with Gasteiger partial charge in [0.15, 0.2) is 0 Å². The number of carbonyl (C=O) groups excluding carboxylic acids is 1. The molecule has 88 valence electrons. The largest absolute Gasteiger partial charge is 0.376 e. The fourth-order valence-electron chi connectivity index (χ4n) is 2.64. The molecule has 0 aromatic rings. The molecule has 1 amide bonds. The van der Waals surface area contributed by atoms with Crippen molar-refractivity contribution in [3.63, 3.8) is 0 Å². The molecule has 1 atom stereocenters. The maximum Gasteiger partial charge on any atom is 0.240 e. The first-order chi connectivity index (χ1) is 7.66. The predicted molar refractivity (Wildman–Crippen MR) is 58.4 cm³/mol. The van der Waals surface area contributed by atoms with Crippen molar-refractivity contribution in [3.8, 4) is 6.07 Å². The molecule has 1 heterocycles. The second kappa shape index (κ2) is 4.42. The van der Waals surface area contributed by atoms with Gasteiger partial charge in [0, 0.05) is 13.2 Å². The molecule has 1 N–H and O–H groups in total. The lowest BCUT2D eigenvalue weighted by molar-refractivity contribution is -0.134. The van der Waals surface area contributed by atoms with Gasteiger partial charge in [-0.05, 0) is 31.6 Å². The summed E-state index contributed by atoms with van der Waals surface area (Å²) in [5.74, 6) is 0.386. The Kier molecular flexibility index (Phi) is 3.15. The molecule has 0 spiro atoms. The molecule has 16 heavy (non-hydrogen) atoms. The maximum absolute atomic E-state index is 11.9. The zero-order valence-electron chi connectivity index (χ0n) is 9.66. The molecule has 4 nitrogen and oxygen atoms in total. The van der Waals surface area contributed by atoms with Crippen LogP contribution in [0.1, 0.15) is 32.6 Å². The van der Waals surface area contributed by atoms with Crippen LogP contribution in [0.5, 0.6) is 0 Å². The van der Waals surface area contributed by atoms with E-state index in [1.165, 1.54) is 0 Å². The van der Waals surface area contributed by atoms with Gasteiger partial charge in [0.25, 0.3) is 0 Å². The highest BCUT2D eigenvalue weighted by Crippen LogP contribution is 2.45. The molecule has 2 aliphatic rings. The highest BCUT2D eigenvalue weighted by Gasteiger charge is 2.48. The minimum atomic E-state index is -0.752. The summed E-state index contributed by atoms with van der Waals surface area (Å²) in [6, 6.07) is 2.17. The van der Waals surface area contributed by atoms with Gasteiger partial charge >= 0.3 is 0 Å². The summed E-state index contributed by atoms with van der Waals surface area (Å²) in [5.41, 5.74) is -0.752. The van der Waals surface area contributed by atoms with E-state index in [0.29, 0.717) is 25.3 Å². The normalized spacial score (nSPS) is 37.5. The standard InChI is InChI=1S/C12H18N2O2/c1-9-5-12(6-9,8-13)11(15)14-7-10-3-2-4-16-10/h9-10H,2-7H2,1H3,(H,14,15). The monoisotopic (exact) mass is 222 g/mol. The lowest BCUT2D eigenvalue weighted by Gasteiger charge is -2.39. The average molecular weight is 222 g/mol. The molecule has 1 unspecified atom stereocenters. The Hall–Kier alpha value is -1.08. The topological polar surface area (TPSA) is 62.1 Å². The molecule has 0 bridgehead atoms. The quantitative estimate of drug-likeness (QED) is 0.781.